The predicted octanol–water partition coefficient (Wildman–Crippen LogP) is 1.21. The van der Waals surface area contributed by atoms with Gasteiger partial charge in [0.05, 0.1) is 6.61 Å². The number of rotatable bonds is 5. The fourth-order valence-electron chi connectivity index (χ4n) is 1.37. The molecule has 1 aromatic carbocycles. The van der Waals surface area contributed by atoms with Gasteiger partial charge < -0.3 is 10.0 Å². The van der Waals surface area contributed by atoms with E-state index in [1.54, 1.807) is 19.2 Å². The van der Waals surface area contributed by atoms with E-state index in [0.29, 0.717) is 19.4 Å². The molecule has 0 spiro atoms. The highest BCUT2D eigenvalue weighted by Gasteiger charge is 2.07. The molecule has 0 saturated carbocycles. The Kier molecular flexibility index (Phi) is 4.92. The Hall–Kier alpha value is -1.42. The number of aliphatic hydroxyl groups is 1. The highest BCUT2D eigenvalue weighted by Crippen LogP contribution is 2.06. The van der Waals surface area contributed by atoms with Crippen LogP contribution >= 0.6 is 0 Å². The van der Waals surface area contributed by atoms with Gasteiger partial charge in [0, 0.05) is 20.0 Å². The van der Waals surface area contributed by atoms with Crippen LogP contribution in [0.15, 0.2) is 24.3 Å². The molecule has 1 aromatic rings. The summed E-state index contributed by atoms with van der Waals surface area (Å²) in [6.45, 7) is 0.320. The Labute approximate surface area is 94.5 Å². The highest BCUT2D eigenvalue weighted by atomic mass is 19.1. The maximum absolute atomic E-state index is 12.6. The lowest BCUT2D eigenvalue weighted by Crippen LogP contribution is -2.29. The summed E-state index contributed by atoms with van der Waals surface area (Å²) in [5.41, 5.74) is 0.937. The fourth-order valence-corrected chi connectivity index (χ4v) is 1.37. The van der Waals surface area contributed by atoms with Gasteiger partial charge in [-0.1, -0.05) is 12.1 Å². The van der Waals surface area contributed by atoms with Crippen molar-refractivity contribution in [2.24, 2.45) is 0 Å². The average Bonchev–Trinajstić information content (AvgIpc) is 2.28. The van der Waals surface area contributed by atoms with Crippen molar-refractivity contribution in [3.63, 3.8) is 0 Å². The van der Waals surface area contributed by atoms with Gasteiger partial charge in [0.25, 0.3) is 0 Å². The quantitative estimate of drug-likeness (QED) is 0.818. The van der Waals surface area contributed by atoms with Crippen LogP contribution in [0.25, 0.3) is 0 Å². The zero-order valence-electron chi connectivity index (χ0n) is 9.32. The molecule has 0 bridgehead atoms. The van der Waals surface area contributed by atoms with E-state index >= 15 is 0 Å². The molecule has 1 rings (SSSR count). The van der Waals surface area contributed by atoms with E-state index in [-0.39, 0.29) is 18.3 Å². The van der Waals surface area contributed by atoms with E-state index in [9.17, 15) is 9.18 Å². The van der Waals surface area contributed by atoms with Crippen LogP contribution in [-0.2, 0) is 11.2 Å². The molecule has 0 unspecified atom stereocenters. The molecule has 1 amide bonds. The van der Waals surface area contributed by atoms with Crippen molar-refractivity contribution in [1.29, 1.82) is 0 Å². The molecule has 0 atom stereocenters. The lowest BCUT2D eigenvalue weighted by molar-refractivity contribution is -0.130. The smallest absolute Gasteiger partial charge is 0.222 e. The van der Waals surface area contributed by atoms with Crippen LogP contribution in [0.4, 0.5) is 4.39 Å². The molecule has 16 heavy (non-hydrogen) atoms. The molecule has 0 aromatic heterocycles. The molecule has 0 aliphatic rings. The number of likely N-dealkylation sites (N-methyl/N-ethyl adjacent to an activating group) is 1. The summed E-state index contributed by atoms with van der Waals surface area (Å²) in [4.78, 5) is 13.0. The Morgan fingerprint density at radius 3 is 2.56 bits per heavy atom. The number of halogens is 1. The molecule has 0 fully saturated rings. The molecule has 1 N–H and O–H groups in total. The lowest BCUT2D eigenvalue weighted by Gasteiger charge is -2.15. The number of nitrogens with zero attached hydrogens (tertiary/aromatic N) is 1. The number of aryl methyl sites for hydroxylation is 1. The van der Waals surface area contributed by atoms with Gasteiger partial charge in [-0.05, 0) is 24.1 Å². The summed E-state index contributed by atoms with van der Waals surface area (Å²) in [7, 11) is 1.66. The Morgan fingerprint density at radius 1 is 1.38 bits per heavy atom. The number of carbonyl (C=O) groups is 1. The molecule has 0 saturated heterocycles. The number of hydrogen-bond donors (Lipinski definition) is 1. The van der Waals surface area contributed by atoms with E-state index < -0.39 is 0 Å². The van der Waals surface area contributed by atoms with Gasteiger partial charge in [0.1, 0.15) is 5.82 Å². The van der Waals surface area contributed by atoms with E-state index in [1.807, 2.05) is 0 Å². The second-order valence-electron chi connectivity index (χ2n) is 3.67. The third-order valence-corrected chi connectivity index (χ3v) is 2.40. The van der Waals surface area contributed by atoms with E-state index in [0.717, 1.165) is 5.56 Å². The number of hydrogen-bond acceptors (Lipinski definition) is 2. The van der Waals surface area contributed by atoms with Crippen molar-refractivity contribution in [1.82, 2.24) is 4.90 Å². The Balaban J connectivity index is 2.39. The zero-order chi connectivity index (χ0) is 12.0. The van der Waals surface area contributed by atoms with Gasteiger partial charge >= 0.3 is 0 Å². The maximum Gasteiger partial charge on any atom is 0.222 e. The summed E-state index contributed by atoms with van der Waals surface area (Å²) in [6.07, 6.45) is 0.969. The summed E-state index contributed by atoms with van der Waals surface area (Å²) < 4.78 is 12.6. The van der Waals surface area contributed by atoms with Gasteiger partial charge in [-0.25, -0.2) is 4.39 Å². The molecule has 0 aliphatic heterocycles. The first-order valence-electron chi connectivity index (χ1n) is 5.22. The normalized spacial score (nSPS) is 10.2. The first kappa shape index (κ1) is 12.6. The monoisotopic (exact) mass is 225 g/mol. The molecule has 4 heteroatoms. The van der Waals surface area contributed by atoms with Crippen LogP contribution in [0.1, 0.15) is 12.0 Å². The SMILES string of the molecule is CN(CCO)C(=O)CCc1ccc(F)cc1. The fraction of sp³-hybridized carbons (Fsp3) is 0.417. The average molecular weight is 225 g/mol. The summed E-state index contributed by atoms with van der Waals surface area (Å²) in [6, 6.07) is 6.12. The molecule has 0 aliphatic carbocycles. The van der Waals surface area contributed by atoms with Crippen LogP contribution in [0.2, 0.25) is 0 Å². The largest absolute Gasteiger partial charge is 0.395 e. The van der Waals surface area contributed by atoms with Crippen molar-refractivity contribution in [3.8, 4) is 0 Å². The lowest BCUT2D eigenvalue weighted by atomic mass is 10.1. The van der Waals surface area contributed by atoms with Gasteiger partial charge in [0.15, 0.2) is 0 Å². The van der Waals surface area contributed by atoms with Gasteiger partial charge in [-0.2, -0.15) is 0 Å². The minimum atomic E-state index is -0.271. The molecule has 88 valence electrons. The van der Waals surface area contributed by atoms with E-state index in [2.05, 4.69) is 0 Å². The van der Waals surface area contributed by atoms with Crippen LogP contribution in [0.3, 0.4) is 0 Å². The minimum Gasteiger partial charge on any atom is -0.395 e. The molecule has 3 nitrogen and oxygen atoms in total. The summed E-state index contributed by atoms with van der Waals surface area (Å²) >= 11 is 0. The third-order valence-electron chi connectivity index (χ3n) is 2.40. The highest BCUT2D eigenvalue weighted by molar-refractivity contribution is 5.76. The van der Waals surface area contributed by atoms with Gasteiger partial charge in [-0.3, -0.25) is 4.79 Å². The van der Waals surface area contributed by atoms with Crippen LogP contribution in [0.5, 0.6) is 0 Å². The van der Waals surface area contributed by atoms with E-state index in [4.69, 9.17) is 5.11 Å². The standard InChI is InChI=1S/C12H16FNO2/c1-14(8-9-15)12(16)7-4-10-2-5-11(13)6-3-10/h2-3,5-6,15H,4,7-9H2,1H3. The zero-order valence-corrected chi connectivity index (χ0v) is 9.32. The molecule has 0 heterocycles. The van der Waals surface area contributed by atoms with Crippen molar-refractivity contribution in [2.75, 3.05) is 20.2 Å². The summed E-state index contributed by atoms with van der Waals surface area (Å²) in [5.74, 6) is -0.286. The van der Waals surface area contributed by atoms with Crippen molar-refractivity contribution in [3.05, 3.63) is 35.6 Å². The third kappa shape index (κ3) is 3.98. The maximum atomic E-state index is 12.6. The number of aliphatic hydroxyl groups excluding tert-OH is 1. The number of amides is 1. The molecular formula is C12H16FNO2. The second kappa shape index (κ2) is 6.23. The first-order valence-corrected chi connectivity index (χ1v) is 5.22. The van der Waals surface area contributed by atoms with Gasteiger partial charge in [-0.15, -0.1) is 0 Å². The minimum absolute atomic E-state index is 0.0154. The number of benzene rings is 1. The van der Waals surface area contributed by atoms with E-state index in [1.165, 1.54) is 17.0 Å². The Bertz CT molecular complexity index is 337. The van der Waals surface area contributed by atoms with Crippen molar-refractivity contribution < 1.29 is 14.3 Å². The van der Waals surface area contributed by atoms with Gasteiger partial charge in [0.2, 0.25) is 5.91 Å². The predicted molar refractivity (Wildman–Crippen MR) is 59.4 cm³/mol. The second-order valence-corrected chi connectivity index (χ2v) is 3.67. The first-order chi connectivity index (χ1) is 7.63. The molecule has 0 radical (unpaired) electrons. The number of carbonyl (C=O) groups excluding carboxylic acids is 1. The molecular weight excluding hydrogens is 209 g/mol. The van der Waals surface area contributed by atoms with Crippen molar-refractivity contribution >= 4 is 5.91 Å². The topological polar surface area (TPSA) is 40.5 Å². The van der Waals surface area contributed by atoms with Crippen LogP contribution in [-0.4, -0.2) is 36.1 Å². The van der Waals surface area contributed by atoms with Crippen molar-refractivity contribution in [2.45, 2.75) is 12.8 Å². The summed E-state index contributed by atoms with van der Waals surface area (Å²) in [5, 5.41) is 8.67. The van der Waals surface area contributed by atoms with Crippen LogP contribution in [0, 0.1) is 5.82 Å². The van der Waals surface area contributed by atoms with Crippen LogP contribution < -0.4 is 0 Å². The Morgan fingerprint density at radius 2 is 2.00 bits per heavy atom.